The first-order chi connectivity index (χ1) is 13.3. The van der Waals surface area contributed by atoms with Crippen molar-refractivity contribution in [1.82, 2.24) is 0 Å². The molecular formula is C19H15Cl3N2O4. The number of hydrogen-bond acceptors (Lipinski definition) is 4. The van der Waals surface area contributed by atoms with E-state index >= 15 is 0 Å². The molecule has 1 aliphatic heterocycles. The zero-order valence-corrected chi connectivity index (χ0v) is 16.7. The van der Waals surface area contributed by atoms with Gasteiger partial charge in [-0.25, -0.2) is 0 Å². The Balaban J connectivity index is 1.55. The molecule has 0 aliphatic carbocycles. The van der Waals surface area contributed by atoms with Crippen molar-refractivity contribution in [2.75, 3.05) is 23.4 Å². The minimum atomic E-state index is -0.689. The van der Waals surface area contributed by atoms with Gasteiger partial charge < -0.3 is 15.0 Å². The van der Waals surface area contributed by atoms with Gasteiger partial charge in [-0.3, -0.25) is 14.4 Å². The highest BCUT2D eigenvalue weighted by molar-refractivity contribution is 6.44. The van der Waals surface area contributed by atoms with Crippen LogP contribution in [0.2, 0.25) is 15.1 Å². The number of rotatable bonds is 5. The van der Waals surface area contributed by atoms with Crippen molar-refractivity contribution >= 4 is 64.0 Å². The summed E-state index contributed by atoms with van der Waals surface area (Å²) in [5, 5.41) is 3.69. The van der Waals surface area contributed by atoms with Crippen molar-refractivity contribution < 1.29 is 19.1 Å². The molecule has 1 N–H and O–H groups in total. The molecule has 6 nitrogen and oxygen atoms in total. The van der Waals surface area contributed by atoms with Gasteiger partial charge in [0, 0.05) is 23.7 Å². The van der Waals surface area contributed by atoms with E-state index in [0.717, 1.165) is 0 Å². The molecule has 2 amide bonds. The largest absolute Gasteiger partial charge is 0.455 e. The van der Waals surface area contributed by atoms with Crippen LogP contribution in [0.3, 0.4) is 0 Å². The maximum absolute atomic E-state index is 12.3. The molecule has 0 spiro atoms. The number of halogens is 3. The quantitative estimate of drug-likeness (QED) is 0.706. The van der Waals surface area contributed by atoms with Crippen molar-refractivity contribution in [3.8, 4) is 0 Å². The summed E-state index contributed by atoms with van der Waals surface area (Å²) < 4.78 is 5.06. The number of nitrogens with one attached hydrogen (secondary N) is 1. The summed E-state index contributed by atoms with van der Waals surface area (Å²) in [7, 11) is 0. The van der Waals surface area contributed by atoms with E-state index in [9.17, 15) is 14.4 Å². The lowest BCUT2D eigenvalue weighted by molar-refractivity contribution is -0.151. The Hall–Kier alpha value is -2.28. The molecule has 28 heavy (non-hydrogen) atoms. The molecule has 0 radical (unpaired) electrons. The summed E-state index contributed by atoms with van der Waals surface area (Å²) in [6.45, 7) is -0.347. The van der Waals surface area contributed by atoms with Crippen LogP contribution in [0.15, 0.2) is 42.5 Å². The first-order valence-electron chi connectivity index (χ1n) is 8.31. The van der Waals surface area contributed by atoms with Crippen molar-refractivity contribution in [2.24, 2.45) is 5.92 Å². The molecule has 1 heterocycles. The molecule has 1 atom stereocenters. The average Bonchev–Trinajstić information content (AvgIpc) is 3.05. The third-order valence-electron chi connectivity index (χ3n) is 4.15. The van der Waals surface area contributed by atoms with Gasteiger partial charge in [0.15, 0.2) is 6.61 Å². The lowest BCUT2D eigenvalue weighted by Gasteiger charge is -2.18. The van der Waals surface area contributed by atoms with Gasteiger partial charge in [-0.2, -0.15) is 0 Å². The molecule has 1 fully saturated rings. The highest BCUT2D eigenvalue weighted by atomic mass is 35.5. The fourth-order valence-electron chi connectivity index (χ4n) is 2.78. The zero-order valence-electron chi connectivity index (χ0n) is 14.5. The zero-order chi connectivity index (χ0) is 20.3. The van der Waals surface area contributed by atoms with Crippen LogP contribution in [0.1, 0.15) is 6.42 Å². The first-order valence-corrected chi connectivity index (χ1v) is 9.45. The van der Waals surface area contributed by atoms with Crippen LogP contribution in [0, 0.1) is 5.92 Å². The summed E-state index contributed by atoms with van der Waals surface area (Å²) in [4.78, 5) is 37.9. The molecule has 9 heteroatoms. The molecule has 146 valence electrons. The van der Waals surface area contributed by atoms with Gasteiger partial charge in [0.2, 0.25) is 5.91 Å². The molecule has 3 rings (SSSR count). The van der Waals surface area contributed by atoms with Crippen LogP contribution in [-0.2, 0) is 19.1 Å². The summed E-state index contributed by atoms with van der Waals surface area (Å²) in [6.07, 6.45) is -0.0273. The Labute approximate surface area is 176 Å². The monoisotopic (exact) mass is 440 g/mol. The van der Waals surface area contributed by atoms with Crippen molar-refractivity contribution in [2.45, 2.75) is 6.42 Å². The highest BCUT2D eigenvalue weighted by Crippen LogP contribution is 2.35. The van der Waals surface area contributed by atoms with Crippen LogP contribution < -0.4 is 10.2 Å². The van der Waals surface area contributed by atoms with E-state index in [1.54, 1.807) is 42.5 Å². The normalized spacial score (nSPS) is 16.2. The van der Waals surface area contributed by atoms with Crippen molar-refractivity contribution in [3.05, 3.63) is 57.5 Å². The SMILES string of the molecule is O=C(COC(=O)[C@@H]1CC(=O)N(c2cccc(Cl)c2Cl)C1)Nc1ccc(Cl)cc1. The van der Waals surface area contributed by atoms with E-state index in [4.69, 9.17) is 39.5 Å². The third kappa shape index (κ3) is 4.76. The molecule has 0 bridgehead atoms. The van der Waals surface area contributed by atoms with Gasteiger partial charge in [0.05, 0.1) is 21.7 Å². The molecule has 2 aromatic carbocycles. The molecule has 0 aromatic heterocycles. The van der Waals surface area contributed by atoms with Crippen LogP contribution in [0.5, 0.6) is 0 Å². The number of carbonyl (C=O) groups excluding carboxylic acids is 3. The van der Waals surface area contributed by atoms with E-state index in [2.05, 4.69) is 5.32 Å². The second kappa shape index (κ2) is 8.82. The number of anilines is 2. The van der Waals surface area contributed by atoms with Crippen LogP contribution in [0.25, 0.3) is 0 Å². The number of amides is 2. The molecule has 0 unspecified atom stereocenters. The fourth-order valence-corrected chi connectivity index (χ4v) is 3.31. The number of benzene rings is 2. The molecule has 1 saturated heterocycles. The van der Waals surface area contributed by atoms with Crippen LogP contribution in [0.4, 0.5) is 11.4 Å². The Morgan fingerprint density at radius 2 is 1.82 bits per heavy atom. The smallest absolute Gasteiger partial charge is 0.311 e. The van der Waals surface area contributed by atoms with Gasteiger partial charge in [-0.05, 0) is 36.4 Å². The van der Waals surface area contributed by atoms with E-state index in [0.29, 0.717) is 21.4 Å². The van der Waals surface area contributed by atoms with E-state index in [1.807, 2.05) is 0 Å². The lowest BCUT2D eigenvalue weighted by Crippen LogP contribution is -2.28. The van der Waals surface area contributed by atoms with Crippen molar-refractivity contribution in [3.63, 3.8) is 0 Å². The maximum Gasteiger partial charge on any atom is 0.311 e. The van der Waals surface area contributed by atoms with Gasteiger partial charge in [-0.1, -0.05) is 40.9 Å². The standard InChI is InChI=1S/C19H15Cl3N2O4/c20-12-4-6-13(7-5-12)23-16(25)10-28-19(27)11-8-17(26)24(9-11)15-3-1-2-14(21)18(15)22/h1-7,11H,8-10H2,(H,23,25)/t11-/m1/s1. The molecule has 0 saturated carbocycles. The fraction of sp³-hybridized carbons (Fsp3) is 0.211. The molecule has 1 aliphatic rings. The number of nitrogens with zero attached hydrogens (tertiary/aromatic N) is 1. The number of esters is 1. The number of carbonyl (C=O) groups is 3. The summed E-state index contributed by atoms with van der Waals surface area (Å²) in [5.74, 6) is -2.07. The Bertz CT molecular complexity index is 918. The highest BCUT2D eigenvalue weighted by Gasteiger charge is 2.37. The van der Waals surface area contributed by atoms with Crippen LogP contribution in [-0.4, -0.2) is 30.9 Å². The minimum Gasteiger partial charge on any atom is -0.455 e. The van der Waals surface area contributed by atoms with Gasteiger partial charge in [0.1, 0.15) is 0 Å². The van der Waals surface area contributed by atoms with Gasteiger partial charge in [-0.15, -0.1) is 0 Å². The molecule has 2 aromatic rings. The van der Waals surface area contributed by atoms with E-state index in [1.165, 1.54) is 4.90 Å². The average molecular weight is 442 g/mol. The van der Waals surface area contributed by atoms with Crippen molar-refractivity contribution in [1.29, 1.82) is 0 Å². The minimum absolute atomic E-state index is 0.0273. The van der Waals surface area contributed by atoms with E-state index < -0.39 is 24.4 Å². The third-order valence-corrected chi connectivity index (χ3v) is 5.21. The van der Waals surface area contributed by atoms with Gasteiger partial charge >= 0.3 is 5.97 Å². The summed E-state index contributed by atoms with van der Waals surface area (Å²) >= 11 is 17.9. The lowest BCUT2D eigenvalue weighted by atomic mass is 10.1. The number of hydrogen-bond donors (Lipinski definition) is 1. The van der Waals surface area contributed by atoms with Gasteiger partial charge in [0.25, 0.3) is 5.91 Å². The summed E-state index contributed by atoms with van der Waals surface area (Å²) in [5.41, 5.74) is 0.971. The first kappa shape index (κ1) is 20.5. The Kier molecular flexibility index (Phi) is 6.44. The summed E-state index contributed by atoms with van der Waals surface area (Å²) in [6, 6.07) is 11.4. The topological polar surface area (TPSA) is 75.7 Å². The Morgan fingerprint density at radius 3 is 2.54 bits per heavy atom. The number of ether oxygens (including phenoxy) is 1. The predicted octanol–water partition coefficient (Wildman–Crippen LogP) is 4.18. The second-order valence-electron chi connectivity index (χ2n) is 6.14. The predicted molar refractivity (Wildman–Crippen MR) is 108 cm³/mol. The second-order valence-corrected chi connectivity index (χ2v) is 7.36. The molecular weight excluding hydrogens is 427 g/mol. The van der Waals surface area contributed by atoms with Crippen LogP contribution >= 0.6 is 34.8 Å². The maximum atomic E-state index is 12.3. The van der Waals surface area contributed by atoms with E-state index in [-0.39, 0.29) is 23.9 Å². The Morgan fingerprint density at radius 1 is 1.11 bits per heavy atom.